The van der Waals surface area contributed by atoms with E-state index in [2.05, 4.69) is 5.32 Å². The van der Waals surface area contributed by atoms with Crippen molar-refractivity contribution in [1.82, 2.24) is 10.2 Å². The van der Waals surface area contributed by atoms with Gasteiger partial charge in [-0.2, -0.15) is 0 Å². The van der Waals surface area contributed by atoms with Gasteiger partial charge in [0.15, 0.2) is 0 Å². The van der Waals surface area contributed by atoms with Gasteiger partial charge in [0.25, 0.3) is 0 Å². The van der Waals surface area contributed by atoms with E-state index in [0.29, 0.717) is 30.7 Å². The first-order valence-corrected chi connectivity index (χ1v) is 9.12. The third-order valence-corrected chi connectivity index (χ3v) is 5.99. The lowest BCUT2D eigenvalue weighted by Crippen LogP contribution is -2.50. The Morgan fingerprint density at radius 3 is 2.38 bits per heavy atom. The second-order valence-corrected chi connectivity index (χ2v) is 7.52. The van der Waals surface area contributed by atoms with Crippen molar-refractivity contribution >= 4 is 29.9 Å². The molecule has 7 heteroatoms. The molecule has 3 unspecified atom stereocenters. The summed E-state index contributed by atoms with van der Waals surface area (Å²) in [5, 5.41) is 3.58. The zero-order chi connectivity index (χ0) is 17.6. The molecule has 26 heavy (non-hydrogen) atoms. The number of amides is 2. The number of benzene rings is 1. The number of halogens is 2. The molecule has 3 aliphatic rings. The summed E-state index contributed by atoms with van der Waals surface area (Å²) < 4.78 is 13.1. The molecule has 3 fully saturated rings. The van der Waals surface area contributed by atoms with Crippen molar-refractivity contribution in [3.63, 3.8) is 0 Å². The van der Waals surface area contributed by atoms with Gasteiger partial charge in [0, 0.05) is 37.4 Å². The number of carbonyl (C=O) groups excluding carboxylic acids is 2. The lowest BCUT2D eigenvalue weighted by Gasteiger charge is -2.36. The molecular weight excluding hydrogens is 357 g/mol. The summed E-state index contributed by atoms with van der Waals surface area (Å²) in [5.41, 5.74) is 0.657. The average Bonchev–Trinajstić information content (AvgIpc) is 3.16. The molecule has 142 valence electrons. The number of nitrogens with one attached hydrogen (secondary N) is 1. The normalized spacial score (nSPS) is 30.2. The molecule has 3 saturated heterocycles. The van der Waals surface area contributed by atoms with E-state index in [1.807, 2.05) is 11.9 Å². The van der Waals surface area contributed by atoms with Crippen molar-refractivity contribution in [2.45, 2.75) is 50.2 Å². The van der Waals surface area contributed by atoms with E-state index in [1.165, 1.54) is 25.0 Å². The van der Waals surface area contributed by atoms with Crippen LogP contribution in [0.15, 0.2) is 24.3 Å². The van der Waals surface area contributed by atoms with Crippen molar-refractivity contribution in [3.05, 3.63) is 30.1 Å². The first kappa shape index (κ1) is 19.1. The largest absolute Gasteiger partial charge is 0.342 e. The number of piperidine rings is 1. The maximum absolute atomic E-state index is 13.1. The second kappa shape index (κ2) is 7.53. The first-order chi connectivity index (χ1) is 12.0. The molecule has 1 N–H and O–H groups in total. The van der Waals surface area contributed by atoms with Crippen molar-refractivity contribution in [2.24, 2.45) is 5.92 Å². The predicted octanol–water partition coefficient (Wildman–Crippen LogP) is 2.34. The lowest BCUT2D eigenvalue weighted by molar-refractivity contribution is -0.141. The fourth-order valence-corrected chi connectivity index (χ4v) is 4.56. The van der Waals surface area contributed by atoms with E-state index in [0.717, 1.165) is 12.8 Å². The molecule has 0 radical (unpaired) electrons. The Hall–Kier alpha value is -1.66. The molecule has 5 nitrogen and oxygen atoms in total. The van der Waals surface area contributed by atoms with Crippen molar-refractivity contribution < 1.29 is 14.0 Å². The Morgan fingerprint density at radius 1 is 1.15 bits per heavy atom. The quantitative estimate of drug-likeness (QED) is 0.818. The maximum atomic E-state index is 13.1. The molecule has 2 amide bonds. The van der Waals surface area contributed by atoms with E-state index < -0.39 is 5.92 Å². The van der Waals surface area contributed by atoms with Gasteiger partial charge in [0.05, 0.1) is 0 Å². The Kier molecular flexibility index (Phi) is 5.53. The summed E-state index contributed by atoms with van der Waals surface area (Å²) in [6, 6.07) is 7.10. The molecule has 1 aromatic carbocycles. The molecule has 3 heterocycles. The zero-order valence-electron chi connectivity index (χ0n) is 14.9. The molecule has 2 bridgehead atoms. The van der Waals surface area contributed by atoms with Gasteiger partial charge in [0.1, 0.15) is 11.7 Å². The van der Waals surface area contributed by atoms with Crippen LogP contribution in [-0.4, -0.2) is 48.4 Å². The van der Waals surface area contributed by atoms with Gasteiger partial charge in [-0.1, -0.05) is 0 Å². The minimum Gasteiger partial charge on any atom is -0.342 e. The van der Waals surface area contributed by atoms with Gasteiger partial charge >= 0.3 is 0 Å². The first-order valence-electron chi connectivity index (χ1n) is 9.12. The molecule has 0 aromatic heterocycles. The minimum absolute atomic E-state index is 0. The van der Waals surface area contributed by atoms with Crippen LogP contribution in [0.3, 0.4) is 0 Å². The number of hydrogen-bond acceptors (Lipinski definition) is 3. The zero-order valence-corrected chi connectivity index (χ0v) is 15.7. The van der Waals surface area contributed by atoms with Crippen LogP contribution in [0.25, 0.3) is 0 Å². The minimum atomic E-state index is -0.609. The summed E-state index contributed by atoms with van der Waals surface area (Å²) in [4.78, 5) is 29.1. The molecule has 0 spiro atoms. The topological polar surface area (TPSA) is 52.7 Å². The van der Waals surface area contributed by atoms with Gasteiger partial charge < -0.3 is 15.1 Å². The van der Waals surface area contributed by atoms with Crippen molar-refractivity contribution in [3.8, 4) is 0 Å². The van der Waals surface area contributed by atoms with E-state index in [4.69, 9.17) is 0 Å². The highest BCUT2D eigenvalue weighted by Gasteiger charge is 2.42. The molecule has 1 aromatic rings. The number of carbonyl (C=O) groups is 2. The van der Waals surface area contributed by atoms with E-state index in [1.54, 1.807) is 17.0 Å². The summed E-state index contributed by atoms with van der Waals surface area (Å²) in [5.74, 6) is -1.17. The summed E-state index contributed by atoms with van der Waals surface area (Å²) in [6.07, 6.45) is 4.84. The van der Waals surface area contributed by atoms with E-state index in [-0.39, 0.29) is 36.1 Å². The monoisotopic (exact) mass is 381 g/mol. The number of nitrogens with zero attached hydrogens (tertiary/aromatic N) is 2. The van der Waals surface area contributed by atoms with Gasteiger partial charge in [-0.05, 0) is 56.4 Å². The number of hydrogen-bond donors (Lipinski definition) is 1. The number of anilines is 1. The Morgan fingerprint density at radius 2 is 1.77 bits per heavy atom. The van der Waals surface area contributed by atoms with Gasteiger partial charge in [-0.25, -0.2) is 4.39 Å². The second-order valence-electron chi connectivity index (χ2n) is 7.52. The highest BCUT2D eigenvalue weighted by atomic mass is 35.5. The molecule has 0 aliphatic carbocycles. The van der Waals surface area contributed by atoms with Crippen molar-refractivity contribution in [2.75, 3.05) is 18.5 Å². The molecular formula is C19H25ClFN3O2. The van der Waals surface area contributed by atoms with Gasteiger partial charge in [0.2, 0.25) is 11.8 Å². The van der Waals surface area contributed by atoms with Crippen molar-refractivity contribution in [1.29, 1.82) is 0 Å². The molecule has 3 atom stereocenters. The van der Waals surface area contributed by atoms with Crippen LogP contribution in [0.2, 0.25) is 0 Å². The van der Waals surface area contributed by atoms with Crippen LogP contribution in [0, 0.1) is 11.7 Å². The third-order valence-electron chi connectivity index (χ3n) is 5.99. The van der Waals surface area contributed by atoms with Gasteiger partial charge in [-0.15, -0.1) is 12.4 Å². The van der Waals surface area contributed by atoms with E-state index in [9.17, 15) is 14.0 Å². The highest BCUT2D eigenvalue weighted by molar-refractivity contribution is 6.09. The Labute approximate surface area is 159 Å². The summed E-state index contributed by atoms with van der Waals surface area (Å²) >= 11 is 0. The maximum Gasteiger partial charge on any atom is 0.239 e. The number of fused-ring (bicyclic) bond motifs is 2. The Bertz CT molecular complexity index is 672. The molecule has 4 rings (SSSR count). The van der Waals surface area contributed by atoms with Crippen LogP contribution in [0.5, 0.6) is 0 Å². The lowest BCUT2D eigenvalue weighted by atomic mass is 9.96. The standard InChI is InChI=1S/C19H24FN3O2.ClH/c1-22(16-10-13-4-5-14(11-16)21-13)18(24)17-8-9-23(19(17)25)15-6-2-12(20)3-7-15;/h2-3,6-7,13-14,16-17,21H,4-5,8-11H2,1H3;1H. The highest BCUT2D eigenvalue weighted by Crippen LogP contribution is 2.32. The Balaban J connectivity index is 0.00000196. The fourth-order valence-electron chi connectivity index (χ4n) is 4.56. The van der Waals surface area contributed by atoms with Crippen LogP contribution in [0.4, 0.5) is 10.1 Å². The van der Waals surface area contributed by atoms with Crippen LogP contribution in [-0.2, 0) is 9.59 Å². The summed E-state index contributed by atoms with van der Waals surface area (Å²) in [6.45, 7) is 0.506. The smallest absolute Gasteiger partial charge is 0.239 e. The van der Waals surface area contributed by atoms with Crippen LogP contribution in [0.1, 0.15) is 32.1 Å². The third kappa shape index (κ3) is 3.45. The summed E-state index contributed by atoms with van der Waals surface area (Å²) in [7, 11) is 1.84. The molecule has 0 saturated carbocycles. The fraction of sp³-hybridized carbons (Fsp3) is 0.579. The molecule has 3 aliphatic heterocycles. The predicted molar refractivity (Wildman–Crippen MR) is 99.8 cm³/mol. The van der Waals surface area contributed by atoms with Gasteiger partial charge in [-0.3, -0.25) is 9.59 Å². The average molecular weight is 382 g/mol. The SMILES string of the molecule is CN(C(=O)C1CCN(c2ccc(F)cc2)C1=O)C1CC2CCC(C1)N2.Cl. The van der Waals surface area contributed by atoms with E-state index >= 15 is 0 Å². The van der Waals surface area contributed by atoms with Crippen LogP contribution < -0.4 is 10.2 Å². The number of rotatable bonds is 3. The van der Waals surface area contributed by atoms with Crippen LogP contribution >= 0.6 is 12.4 Å².